The van der Waals surface area contributed by atoms with Gasteiger partial charge in [-0.25, -0.2) is 4.79 Å². The minimum absolute atomic E-state index is 0.207. The van der Waals surface area contributed by atoms with Crippen molar-refractivity contribution in [3.8, 4) is 11.8 Å². The Balaban J connectivity index is 1.97. The molecule has 3 rings (SSSR count). The molecule has 0 radical (unpaired) electrons. The number of ether oxygens (including phenoxy) is 1. The fourth-order valence-electron chi connectivity index (χ4n) is 2.41. The molecule has 2 aromatic carbocycles. The third-order valence-corrected chi connectivity index (χ3v) is 3.54. The summed E-state index contributed by atoms with van der Waals surface area (Å²) in [7, 11) is 0. The summed E-state index contributed by atoms with van der Waals surface area (Å²) in [5.74, 6) is 0.120. The van der Waals surface area contributed by atoms with Crippen LogP contribution in [-0.2, 0) is 0 Å². The summed E-state index contributed by atoms with van der Waals surface area (Å²) in [5.41, 5.74) is 0.886. The topological polar surface area (TPSA) is 92.3 Å². The molecule has 0 saturated carbocycles. The van der Waals surface area contributed by atoms with Crippen LogP contribution in [0.4, 0.5) is 5.69 Å². The van der Waals surface area contributed by atoms with Crippen molar-refractivity contribution in [1.82, 2.24) is 0 Å². The first-order valence-electron chi connectivity index (χ1n) is 7.63. The summed E-state index contributed by atoms with van der Waals surface area (Å²) >= 11 is 0. The number of carbonyl (C=O) groups is 1. The highest BCUT2D eigenvalue weighted by Gasteiger charge is 2.14. The van der Waals surface area contributed by atoms with Crippen molar-refractivity contribution in [2.24, 2.45) is 0 Å². The molecule has 6 heteroatoms. The van der Waals surface area contributed by atoms with Gasteiger partial charge in [-0.1, -0.05) is 0 Å². The molecule has 3 aromatic rings. The summed E-state index contributed by atoms with van der Waals surface area (Å²) in [4.78, 5) is 24.3. The lowest BCUT2D eigenvalue weighted by atomic mass is 10.1. The van der Waals surface area contributed by atoms with E-state index in [-0.39, 0.29) is 11.1 Å². The highest BCUT2D eigenvalue weighted by Crippen LogP contribution is 2.23. The van der Waals surface area contributed by atoms with Crippen LogP contribution in [0.25, 0.3) is 11.0 Å². The van der Waals surface area contributed by atoms with Gasteiger partial charge in [0.05, 0.1) is 23.8 Å². The molecule has 1 N–H and O–H groups in total. The second-order valence-corrected chi connectivity index (χ2v) is 5.21. The third-order valence-electron chi connectivity index (χ3n) is 3.54. The molecule has 0 aliphatic rings. The molecule has 6 nitrogen and oxygen atoms in total. The molecule has 0 atom stereocenters. The molecule has 0 bridgehead atoms. The Kier molecular flexibility index (Phi) is 4.48. The van der Waals surface area contributed by atoms with E-state index in [0.717, 1.165) is 6.07 Å². The van der Waals surface area contributed by atoms with E-state index < -0.39 is 11.5 Å². The zero-order chi connectivity index (χ0) is 17.8. The number of anilines is 1. The zero-order valence-electron chi connectivity index (χ0n) is 13.4. The number of carbonyl (C=O) groups excluding carboxylic acids is 1. The Hall–Kier alpha value is -3.59. The predicted octanol–water partition coefficient (Wildman–Crippen LogP) is 3.32. The highest BCUT2D eigenvalue weighted by molar-refractivity contribution is 6.12. The molecule has 0 aliphatic carbocycles. The molecule has 1 aromatic heterocycles. The van der Waals surface area contributed by atoms with E-state index in [4.69, 9.17) is 14.4 Å². The Bertz CT molecular complexity index is 1030. The Morgan fingerprint density at radius 2 is 1.96 bits per heavy atom. The molecule has 0 unspecified atom stereocenters. The molecule has 124 valence electrons. The van der Waals surface area contributed by atoms with E-state index in [2.05, 4.69) is 5.32 Å². The second kappa shape index (κ2) is 6.89. The molecule has 1 amide bonds. The van der Waals surface area contributed by atoms with Gasteiger partial charge in [-0.2, -0.15) is 5.26 Å². The van der Waals surface area contributed by atoms with Crippen molar-refractivity contribution in [3.05, 3.63) is 70.1 Å². The lowest BCUT2D eigenvalue weighted by Crippen LogP contribution is -2.15. The van der Waals surface area contributed by atoms with Gasteiger partial charge in [0.15, 0.2) is 0 Å². The number of nitrogens with zero attached hydrogens (tertiary/aromatic N) is 1. The minimum atomic E-state index is -0.619. The van der Waals surface area contributed by atoms with Gasteiger partial charge in [0, 0.05) is 23.2 Å². The van der Waals surface area contributed by atoms with Crippen molar-refractivity contribution in [3.63, 3.8) is 0 Å². The van der Waals surface area contributed by atoms with Gasteiger partial charge in [-0.15, -0.1) is 0 Å². The SMILES string of the molecule is CCOc1ccc2c(C(=O)Nc3ccc(C#N)cc3)cc(=O)oc2c1. The van der Waals surface area contributed by atoms with Crippen LogP contribution in [0.3, 0.4) is 0 Å². The number of fused-ring (bicyclic) bond motifs is 1. The number of hydrogen-bond acceptors (Lipinski definition) is 5. The van der Waals surface area contributed by atoms with Gasteiger partial charge in [-0.05, 0) is 43.3 Å². The first-order valence-corrected chi connectivity index (χ1v) is 7.63. The summed E-state index contributed by atoms with van der Waals surface area (Å²) in [6, 6.07) is 14.6. The molecule has 25 heavy (non-hydrogen) atoms. The van der Waals surface area contributed by atoms with Crippen LogP contribution in [0.2, 0.25) is 0 Å². The van der Waals surface area contributed by atoms with Crippen LogP contribution < -0.4 is 15.7 Å². The van der Waals surface area contributed by atoms with Crippen molar-refractivity contribution in [2.75, 3.05) is 11.9 Å². The van der Waals surface area contributed by atoms with Crippen molar-refractivity contribution in [1.29, 1.82) is 5.26 Å². The molecule has 0 saturated heterocycles. The minimum Gasteiger partial charge on any atom is -0.494 e. The van der Waals surface area contributed by atoms with Crippen molar-refractivity contribution >= 4 is 22.6 Å². The smallest absolute Gasteiger partial charge is 0.337 e. The van der Waals surface area contributed by atoms with Gasteiger partial charge in [0.25, 0.3) is 5.91 Å². The standard InChI is InChI=1S/C19H14N2O4/c1-2-24-14-7-8-15-16(10-18(22)25-17(15)9-14)19(23)21-13-5-3-12(11-20)4-6-13/h3-10H,2H2,1H3,(H,21,23). The Morgan fingerprint density at radius 3 is 2.64 bits per heavy atom. The van der Waals surface area contributed by atoms with E-state index in [0.29, 0.717) is 29.0 Å². The quantitative estimate of drug-likeness (QED) is 0.739. The van der Waals surface area contributed by atoms with Crippen LogP contribution in [0.5, 0.6) is 5.75 Å². The predicted molar refractivity (Wildman–Crippen MR) is 92.8 cm³/mol. The van der Waals surface area contributed by atoms with Crippen LogP contribution in [0.1, 0.15) is 22.8 Å². The van der Waals surface area contributed by atoms with E-state index in [1.165, 1.54) is 0 Å². The van der Waals surface area contributed by atoms with Gasteiger partial charge < -0.3 is 14.5 Å². The Labute approximate surface area is 143 Å². The average molecular weight is 334 g/mol. The van der Waals surface area contributed by atoms with E-state index in [1.54, 1.807) is 42.5 Å². The maximum absolute atomic E-state index is 12.6. The largest absolute Gasteiger partial charge is 0.494 e. The van der Waals surface area contributed by atoms with E-state index >= 15 is 0 Å². The summed E-state index contributed by atoms with van der Waals surface area (Å²) < 4.78 is 10.6. The van der Waals surface area contributed by atoms with Crippen molar-refractivity contribution in [2.45, 2.75) is 6.92 Å². The number of amides is 1. The van der Waals surface area contributed by atoms with E-state index in [9.17, 15) is 9.59 Å². The normalized spacial score (nSPS) is 10.2. The van der Waals surface area contributed by atoms with Crippen LogP contribution in [-0.4, -0.2) is 12.5 Å². The lowest BCUT2D eigenvalue weighted by Gasteiger charge is -2.09. The molecule has 0 aliphatic heterocycles. The highest BCUT2D eigenvalue weighted by atomic mass is 16.5. The first-order chi connectivity index (χ1) is 12.1. The maximum atomic E-state index is 12.6. The average Bonchev–Trinajstić information content (AvgIpc) is 2.61. The second-order valence-electron chi connectivity index (χ2n) is 5.21. The molecular formula is C19H14N2O4. The number of benzene rings is 2. The molecule has 1 heterocycles. The molecule has 0 fully saturated rings. The van der Waals surface area contributed by atoms with E-state index in [1.807, 2.05) is 13.0 Å². The lowest BCUT2D eigenvalue weighted by molar-refractivity contribution is 0.102. The summed E-state index contributed by atoms with van der Waals surface area (Å²) in [6.45, 7) is 2.33. The zero-order valence-corrected chi connectivity index (χ0v) is 13.4. The first kappa shape index (κ1) is 16.3. The van der Waals surface area contributed by atoms with Gasteiger partial charge >= 0.3 is 5.63 Å². The number of nitrogens with one attached hydrogen (secondary N) is 1. The summed E-state index contributed by atoms with van der Waals surface area (Å²) in [5, 5.41) is 12.0. The number of rotatable bonds is 4. The number of hydrogen-bond donors (Lipinski definition) is 1. The maximum Gasteiger partial charge on any atom is 0.337 e. The van der Waals surface area contributed by atoms with Crippen molar-refractivity contribution < 1.29 is 13.9 Å². The van der Waals surface area contributed by atoms with Gasteiger partial charge in [-0.3, -0.25) is 4.79 Å². The fourth-order valence-corrected chi connectivity index (χ4v) is 2.41. The fraction of sp³-hybridized carbons (Fsp3) is 0.105. The molecule has 0 spiro atoms. The van der Waals surface area contributed by atoms with Gasteiger partial charge in [0.2, 0.25) is 0 Å². The monoisotopic (exact) mass is 334 g/mol. The van der Waals surface area contributed by atoms with Gasteiger partial charge in [0.1, 0.15) is 11.3 Å². The van der Waals surface area contributed by atoms with Crippen LogP contribution in [0.15, 0.2) is 57.7 Å². The van der Waals surface area contributed by atoms with Crippen LogP contribution in [0, 0.1) is 11.3 Å². The summed E-state index contributed by atoms with van der Waals surface area (Å²) in [6.07, 6.45) is 0. The van der Waals surface area contributed by atoms with Crippen LogP contribution >= 0.6 is 0 Å². The third kappa shape index (κ3) is 3.51. The molecular weight excluding hydrogens is 320 g/mol. The Morgan fingerprint density at radius 1 is 1.20 bits per heavy atom. The number of nitriles is 1.